The van der Waals surface area contributed by atoms with Gasteiger partial charge < -0.3 is 9.64 Å². The first-order valence-electron chi connectivity index (χ1n) is 7.91. The number of ether oxygens (including phenoxy) is 1. The number of hydrogen-bond donors (Lipinski definition) is 0. The van der Waals surface area contributed by atoms with Crippen LogP contribution in [-0.4, -0.2) is 37.9 Å². The molecule has 3 rings (SSSR count). The summed E-state index contributed by atoms with van der Waals surface area (Å²) in [5, 5.41) is 4.61. The van der Waals surface area contributed by atoms with E-state index in [0.29, 0.717) is 13.1 Å². The largest absolute Gasteiger partial charge is 0.444 e. The average molecular weight is 393 g/mol. The van der Waals surface area contributed by atoms with Gasteiger partial charge in [0.25, 0.3) is 0 Å². The van der Waals surface area contributed by atoms with Crippen LogP contribution in [0.25, 0.3) is 11.1 Å². The molecule has 1 aliphatic rings. The molecule has 0 spiro atoms. The van der Waals surface area contributed by atoms with Crippen LogP contribution in [0.3, 0.4) is 0 Å². The summed E-state index contributed by atoms with van der Waals surface area (Å²) in [5.74, 6) is 0. The van der Waals surface area contributed by atoms with Crippen molar-refractivity contribution in [2.45, 2.75) is 45.9 Å². The zero-order valence-electron chi connectivity index (χ0n) is 14.3. The van der Waals surface area contributed by atoms with Crippen molar-refractivity contribution in [1.29, 1.82) is 0 Å². The van der Waals surface area contributed by atoms with E-state index in [1.54, 1.807) is 17.3 Å². The number of fused-ring (bicyclic) bond motifs is 1. The number of amides is 1. The third kappa shape index (κ3) is 3.31. The van der Waals surface area contributed by atoms with Gasteiger partial charge in [-0.3, -0.25) is 9.67 Å². The maximum Gasteiger partial charge on any atom is 0.410 e. The molecule has 1 amide bonds. The molecule has 0 fully saturated rings. The topological polar surface area (TPSA) is 60.3 Å². The molecule has 7 heteroatoms. The van der Waals surface area contributed by atoms with Crippen molar-refractivity contribution in [3.05, 3.63) is 34.8 Å². The molecule has 2 aromatic rings. The first-order valence-corrected chi connectivity index (χ1v) is 8.71. The van der Waals surface area contributed by atoms with E-state index >= 15 is 0 Å². The predicted octanol–water partition coefficient (Wildman–Crippen LogP) is 4.02. The monoisotopic (exact) mass is 392 g/mol. The number of nitrogens with zero attached hydrogens (tertiary/aromatic N) is 4. The van der Waals surface area contributed by atoms with E-state index < -0.39 is 5.60 Å². The van der Waals surface area contributed by atoms with Gasteiger partial charge >= 0.3 is 6.09 Å². The fourth-order valence-electron chi connectivity index (χ4n) is 2.87. The second-order valence-electron chi connectivity index (χ2n) is 7.00. The summed E-state index contributed by atoms with van der Waals surface area (Å²) in [6.45, 7) is 8.72. The normalized spacial score (nSPS) is 17.5. The summed E-state index contributed by atoms with van der Waals surface area (Å²) in [6, 6.07) is 3.97. The first kappa shape index (κ1) is 17.0. The van der Waals surface area contributed by atoms with Crippen molar-refractivity contribution in [3.8, 4) is 11.1 Å². The Morgan fingerprint density at radius 3 is 2.62 bits per heavy atom. The Morgan fingerprint density at radius 2 is 2.00 bits per heavy atom. The molecule has 24 heavy (non-hydrogen) atoms. The van der Waals surface area contributed by atoms with Gasteiger partial charge in [0.1, 0.15) is 10.2 Å². The lowest BCUT2D eigenvalue weighted by Gasteiger charge is -2.34. The Labute approximate surface area is 149 Å². The molecule has 1 atom stereocenters. The van der Waals surface area contributed by atoms with E-state index in [2.05, 4.69) is 32.9 Å². The zero-order chi connectivity index (χ0) is 17.5. The van der Waals surface area contributed by atoms with E-state index in [4.69, 9.17) is 4.74 Å². The van der Waals surface area contributed by atoms with Gasteiger partial charge in [0.05, 0.1) is 18.3 Å². The van der Waals surface area contributed by atoms with Crippen LogP contribution in [0.2, 0.25) is 0 Å². The molecule has 1 aliphatic heterocycles. The summed E-state index contributed by atoms with van der Waals surface area (Å²) in [4.78, 5) is 18.3. The van der Waals surface area contributed by atoms with Gasteiger partial charge in [0, 0.05) is 24.5 Å². The van der Waals surface area contributed by atoms with Gasteiger partial charge in [0.2, 0.25) is 0 Å². The minimum atomic E-state index is -0.507. The van der Waals surface area contributed by atoms with Crippen molar-refractivity contribution in [1.82, 2.24) is 19.7 Å². The molecule has 0 aromatic carbocycles. The summed E-state index contributed by atoms with van der Waals surface area (Å²) in [6.07, 6.45) is 3.21. The first-order chi connectivity index (χ1) is 11.3. The Kier molecular flexibility index (Phi) is 4.38. The summed E-state index contributed by atoms with van der Waals surface area (Å²) in [5.41, 5.74) is 2.51. The zero-order valence-corrected chi connectivity index (χ0v) is 15.9. The van der Waals surface area contributed by atoms with E-state index in [1.165, 1.54) is 0 Å². The highest BCUT2D eigenvalue weighted by Gasteiger charge is 2.32. The Bertz CT molecular complexity index is 752. The second kappa shape index (κ2) is 6.20. The van der Waals surface area contributed by atoms with Crippen molar-refractivity contribution in [2.24, 2.45) is 0 Å². The number of pyridine rings is 1. The minimum Gasteiger partial charge on any atom is -0.444 e. The molecule has 0 N–H and O–H groups in total. The van der Waals surface area contributed by atoms with Crippen LogP contribution in [0.1, 0.15) is 39.4 Å². The van der Waals surface area contributed by atoms with Crippen LogP contribution < -0.4 is 0 Å². The molecular formula is C17H21BrN4O2. The molecule has 0 saturated heterocycles. The van der Waals surface area contributed by atoms with E-state index in [0.717, 1.165) is 21.4 Å². The molecule has 3 heterocycles. The van der Waals surface area contributed by atoms with Gasteiger partial charge in [-0.25, -0.2) is 4.79 Å². The number of halogens is 1. The number of carbonyl (C=O) groups excluding carboxylic acids is 1. The van der Waals surface area contributed by atoms with E-state index in [-0.39, 0.29) is 12.1 Å². The van der Waals surface area contributed by atoms with Crippen LogP contribution >= 0.6 is 15.9 Å². The molecule has 2 aromatic heterocycles. The molecular weight excluding hydrogens is 372 g/mol. The predicted molar refractivity (Wildman–Crippen MR) is 94.5 cm³/mol. The number of carbonyl (C=O) groups is 1. The molecule has 6 nitrogen and oxygen atoms in total. The van der Waals surface area contributed by atoms with Gasteiger partial charge in [0.15, 0.2) is 0 Å². The van der Waals surface area contributed by atoms with Crippen LogP contribution in [0.5, 0.6) is 0 Å². The van der Waals surface area contributed by atoms with Gasteiger partial charge in [-0.1, -0.05) is 0 Å². The molecule has 128 valence electrons. The lowest BCUT2D eigenvalue weighted by Crippen LogP contribution is -2.43. The summed E-state index contributed by atoms with van der Waals surface area (Å²) < 4.78 is 8.29. The van der Waals surface area contributed by atoms with E-state index in [9.17, 15) is 4.79 Å². The lowest BCUT2D eigenvalue weighted by molar-refractivity contribution is 0.0167. The SMILES string of the molecule is C[C@@H]1CN(C(=O)OC(C)(C)C)Cc2c(-c3ccncc3)c(Br)nn21. The Morgan fingerprint density at radius 1 is 1.33 bits per heavy atom. The Hall–Kier alpha value is -1.89. The average Bonchev–Trinajstić information content (AvgIpc) is 2.83. The quantitative estimate of drug-likeness (QED) is 0.734. The fourth-order valence-corrected chi connectivity index (χ4v) is 3.49. The van der Waals surface area contributed by atoms with Crippen molar-refractivity contribution < 1.29 is 9.53 Å². The van der Waals surface area contributed by atoms with Crippen molar-refractivity contribution in [3.63, 3.8) is 0 Å². The minimum absolute atomic E-state index is 0.0770. The number of aromatic nitrogens is 3. The highest BCUT2D eigenvalue weighted by molar-refractivity contribution is 9.10. The lowest BCUT2D eigenvalue weighted by atomic mass is 10.1. The summed E-state index contributed by atoms with van der Waals surface area (Å²) >= 11 is 3.56. The van der Waals surface area contributed by atoms with Crippen LogP contribution in [0, 0.1) is 0 Å². The highest BCUT2D eigenvalue weighted by Crippen LogP contribution is 2.36. The molecule has 0 unspecified atom stereocenters. The van der Waals surface area contributed by atoms with Crippen LogP contribution in [0.4, 0.5) is 4.79 Å². The number of rotatable bonds is 1. The highest BCUT2D eigenvalue weighted by atomic mass is 79.9. The third-order valence-electron chi connectivity index (χ3n) is 3.83. The molecule has 0 aliphatic carbocycles. The third-order valence-corrected chi connectivity index (χ3v) is 4.39. The Balaban J connectivity index is 1.96. The van der Waals surface area contributed by atoms with Crippen LogP contribution in [-0.2, 0) is 11.3 Å². The van der Waals surface area contributed by atoms with Gasteiger partial charge in [-0.2, -0.15) is 5.10 Å². The molecule has 0 bridgehead atoms. The number of hydrogen-bond acceptors (Lipinski definition) is 4. The summed E-state index contributed by atoms with van der Waals surface area (Å²) in [7, 11) is 0. The maximum absolute atomic E-state index is 12.5. The standard InChI is InChI=1S/C17H21BrN4O2/c1-11-9-21(16(23)24-17(2,3)4)10-13-14(15(18)20-22(11)13)12-5-7-19-8-6-12/h5-8,11H,9-10H2,1-4H3/t11-/m1/s1. The van der Waals surface area contributed by atoms with Crippen molar-refractivity contribution >= 4 is 22.0 Å². The van der Waals surface area contributed by atoms with Gasteiger partial charge in [-0.05, 0) is 61.3 Å². The van der Waals surface area contributed by atoms with Gasteiger partial charge in [-0.15, -0.1) is 0 Å². The van der Waals surface area contributed by atoms with E-state index in [1.807, 2.05) is 37.6 Å². The molecule has 0 saturated carbocycles. The van der Waals surface area contributed by atoms with Crippen molar-refractivity contribution in [2.75, 3.05) is 6.54 Å². The van der Waals surface area contributed by atoms with Crippen LogP contribution in [0.15, 0.2) is 29.1 Å². The second-order valence-corrected chi connectivity index (χ2v) is 7.75. The fraction of sp³-hybridized carbons (Fsp3) is 0.471. The smallest absolute Gasteiger partial charge is 0.410 e. The maximum atomic E-state index is 12.5. The molecule has 0 radical (unpaired) electrons.